The van der Waals surface area contributed by atoms with Crippen LogP contribution in [-0.2, 0) is 6.18 Å². The van der Waals surface area contributed by atoms with Crippen molar-refractivity contribution in [3.05, 3.63) is 58.0 Å². The highest BCUT2D eigenvalue weighted by molar-refractivity contribution is 6.06. The molecule has 8 heteroatoms. The predicted octanol–water partition coefficient (Wildman–Crippen LogP) is 5.24. The summed E-state index contributed by atoms with van der Waals surface area (Å²) in [5.41, 5.74) is -1.04. The van der Waals surface area contributed by atoms with Crippen molar-refractivity contribution in [1.29, 1.82) is 0 Å². The second-order valence-corrected chi connectivity index (χ2v) is 7.83. The lowest BCUT2D eigenvalue weighted by atomic mass is 9.79. The van der Waals surface area contributed by atoms with Crippen LogP contribution in [0.3, 0.4) is 0 Å². The van der Waals surface area contributed by atoms with Gasteiger partial charge in [-0.2, -0.15) is 13.2 Å². The van der Waals surface area contributed by atoms with Crippen LogP contribution in [0.4, 0.5) is 18.9 Å². The molecule has 0 radical (unpaired) electrons. The van der Waals surface area contributed by atoms with E-state index in [2.05, 4.69) is 17.2 Å². The number of nitrogens with one attached hydrogen (secondary N) is 2. The highest BCUT2D eigenvalue weighted by Crippen LogP contribution is 2.37. The minimum atomic E-state index is -4.55. The standard InChI is InChI=1S/C22H25F3N2O3/c1-3-14-5-4-13(2)18(10-14)30-19-11-15(22(23,24)25)6-7-17(19)21(29)27-16-8-9-26-20(28)12-16/h6-9,11-14,18H,3-5,10H2,1-2H3,(H2,26,27,28,29)/t13?,14-,18-/m1/s1. The molecule has 1 aromatic carbocycles. The first-order valence-electron chi connectivity index (χ1n) is 10.1. The van der Waals surface area contributed by atoms with Crippen molar-refractivity contribution < 1.29 is 22.7 Å². The van der Waals surface area contributed by atoms with Crippen LogP contribution in [0.1, 0.15) is 55.5 Å². The molecule has 1 aromatic heterocycles. The fourth-order valence-corrected chi connectivity index (χ4v) is 3.77. The van der Waals surface area contributed by atoms with E-state index in [1.165, 1.54) is 18.3 Å². The first kappa shape index (κ1) is 21.9. The number of carbonyl (C=O) groups is 1. The summed E-state index contributed by atoms with van der Waals surface area (Å²) in [6.07, 6.45) is 0.264. The van der Waals surface area contributed by atoms with E-state index in [1.807, 2.05) is 6.92 Å². The number of ether oxygens (including phenoxy) is 1. The third kappa shape index (κ3) is 5.23. The lowest BCUT2D eigenvalue weighted by Crippen LogP contribution is -2.33. The third-order valence-electron chi connectivity index (χ3n) is 5.67. The maximum atomic E-state index is 13.3. The van der Waals surface area contributed by atoms with Crippen LogP contribution in [0.15, 0.2) is 41.3 Å². The molecule has 1 aliphatic rings. The Hall–Kier alpha value is -2.77. The molecule has 0 bridgehead atoms. The molecule has 2 aromatic rings. The maximum absolute atomic E-state index is 13.3. The fourth-order valence-electron chi connectivity index (χ4n) is 3.77. The highest BCUT2D eigenvalue weighted by atomic mass is 19.4. The highest BCUT2D eigenvalue weighted by Gasteiger charge is 2.34. The summed E-state index contributed by atoms with van der Waals surface area (Å²) in [4.78, 5) is 26.6. The zero-order valence-corrected chi connectivity index (χ0v) is 16.9. The van der Waals surface area contributed by atoms with Gasteiger partial charge in [-0.1, -0.05) is 20.3 Å². The number of H-pyrrole nitrogens is 1. The van der Waals surface area contributed by atoms with Gasteiger partial charge < -0.3 is 15.0 Å². The number of anilines is 1. The summed E-state index contributed by atoms with van der Waals surface area (Å²) in [6.45, 7) is 4.10. The summed E-state index contributed by atoms with van der Waals surface area (Å²) >= 11 is 0. The maximum Gasteiger partial charge on any atom is 0.416 e. The Kier molecular flexibility index (Phi) is 6.53. The zero-order valence-electron chi connectivity index (χ0n) is 16.9. The van der Waals surface area contributed by atoms with E-state index in [9.17, 15) is 22.8 Å². The number of aromatic amines is 1. The zero-order chi connectivity index (χ0) is 21.9. The van der Waals surface area contributed by atoms with Crippen molar-refractivity contribution >= 4 is 11.6 Å². The molecular weight excluding hydrogens is 397 g/mol. The molecule has 1 amide bonds. The van der Waals surface area contributed by atoms with Gasteiger partial charge in [-0.25, -0.2) is 0 Å². The largest absolute Gasteiger partial charge is 0.489 e. The monoisotopic (exact) mass is 422 g/mol. The molecule has 30 heavy (non-hydrogen) atoms. The summed E-state index contributed by atoms with van der Waals surface area (Å²) < 4.78 is 45.8. The number of rotatable bonds is 5. The van der Waals surface area contributed by atoms with E-state index in [1.54, 1.807) is 0 Å². The van der Waals surface area contributed by atoms with Gasteiger partial charge in [-0.15, -0.1) is 0 Å². The molecule has 0 aliphatic heterocycles. The van der Waals surface area contributed by atoms with Gasteiger partial charge in [0.15, 0.2) is 0 Å². The van der Waals surface area contributed by atoms with Crippen LogP contribution in [0.25, 0.3) is 0 Å². The molecule has 3 rings (SSSR count). The average molecular weight is 422 g/mol. The minimum absolute atomic E-state index is 0.00546. The number of aromatic nitrogens is 1. The Morgan fingerprint density at radius 2 is 2.00 bits per heavy atom. The van der Waals surface area contributed by atoms with E-state index in [-0.39, 0.29) is 29.0 Å². The van der Waals surface area contributed by atoms with Crippen LogP contribution >= 0.6 is 0 Å². The van der Waals surface area contributed by atoms with E-state index < -0.39 is 23.2 Å². The van der Waals surface area contributed by atoms with Gasteiger partial charge in [0.1, 0.15) is 11.9 Å². The summed E-state index contributed by atoms with van der Waals surface area (Å²) in [7, 11) is 0. The minimum Gasteiger partial charge on any atom is -0.489 e. The van der Waals surface area contributed by atoms with Crippen LogP contribution in [0.5, 0.6) is 5.75 Å². The molecule has 1 heterocycles. The molecule has 162 valence electrons. The van der Waals surface area contributed by atoms with Gasteiger partial charge in [0.05, 0.1) is 11.1 Å². The molecule has 0 spiro atoms. The van der Waals surface area contributed by atoms with E-state index >= 15 is 0 Å². The second-order valence-electron chi connectivity index (χ2n) is 7.83. The summed E-state index contributed by atoms with van der Waals surface area (Å²) in [6, 6.07) is 5.54. The van der Waals surface area contributed by atoms with Gasteiger partial charge in [0.25, 0.3) is 5.91 Å². The molecule has 5 nitrogen and oxygen atoms in total. The SMILES string of the molecule is CC[C@@H]1CCC(C)[C@H](Oc2cc(C(F)(F)F)ccc2C(=O)Nc2cc[nH]c(=O)c2)C1. The number of benzene rings is 1. The number of alkyl halides is 3. The van der Waals surface area contributed by atoms with Crippen molar-refractivity contribution in [3.63, 3.8) is 0 Å². The number of pyridine rings is 1. The smallest absolute Gasteiger partial charge is 0.416 e. The van der Waals surface area contributed by atoms with Crippen molar-refractivity contribution in [3.8, 4) is 5.75 Å². The molecule has 1 saturated carbocycles. The van der Waals surface area contributed by atoms with Crippen LogP contribution in [-0.4, -0.2) is 17.0 Å². The van der Waals surface area contributed by atoms with Crippen molar-refractivity contribution in [1.82, 2.24) is 4.98 Å². The number of hydrogen-bond acceptors (Lipinski definition) is 3. The Bertz CT molecular complexity index is 955. The molecule has 1 aliphatic carbocycles. The quantitative estimate of drug-likeness (QED) is 0.692. The van der Waals surface area contributed by atoms with E-state index in [0.29, 0.717) is 5.92 Å². The molecule has 0 saturated heterocycles. The van der Waals surface area contributed by atoms with Crippen LogP contribution < -0.4 is 15.6 Å². The Labute approximate surface area is 172 Å². The predicted molar refractivity (Wildman–Crippen MR) is 108 cm³/mol. The fraction of sp³-hybridized carbons (Fsp3) is 0.455. The third-order valence-corrected chi connectivity index (χ3v) is 5.67. The van der Waals surface area contributed by atoms with Gasteiger partial charge in [0, 0.05) is 18.0 Å². The lowest BCUT2D eigenvalue weighted by Gasteiger charge is -2.34. The molecule has 3 atom stereocenters. The Morgan fingerprint density at radius 1 is 1.23 bits per heavy atom. The van der Waals surface area contributed by atoms with E-state index in [0.717, 1.165) is 43.9 Å². The Balaban J connectivity index is 1.92. The van der Waals surface area contributed by atoms with Crippen LogP contribution in [0.2, 0.25) is 0 Å². The van der Waals surface area contributed by atoms with Gasteiger partial charge in [-0.05, 0) is 55.4 Å². The average Bonchev–Trinajstić information content (AvgIpc) is 2.69. The number of carbonyl (C=O) groups excluding carboxylic acids is 1. The molecule has 1 unspecified atom stereocenters. The van der Waals surface area contributed by atoms with Gasteiger partial charge >= 0.3 is 6.18 Å². The number of amides is 1. The molecular formula is C22H25F3N2O3. The summed E-state index contributed by atoms with van der Waals surface area (Å²) in [5, 5.41) is 2.55. The molecule has 1 fully saturated rings. The second kappa shape index (κ2) is 8.93. The summed E-state index contributed by atoms with van der Waals surface area (Å²) in [5.74, 6) is -0.114. The topological polar surface area (TPSA) is 71.2 Å². The first-order valence-corrected chi connectivity index (χ1v) is 10.1. The Morgan fingerprint density at radius 3 is 2.67 bits per heavy atom. The first-order chi connectivity index (χ1) is 14.2. The lowest BCUT2D eigenvalue weighted by molar-refractivity contribution is -0.137. The number of halogens is 3. The normalized spacial score (nSPS) is 21.8. The van der Waals surface area contributed by atoms with Crippen LogP contribution in [0, 0.1) is 11.8 Å². The molecule has 2 N–H and O–H groups in total. The van der Waals surface area contributed by atoms with Crippen molar-refractivity contribution in [2.45, 2.75) is 51.8 Å². The van der Waals surface area contributed by atoms with Gasteiger partial charge in [-0.3, -0.25) is 9.59 Å². The van der Waals surface area contributed by atoms with E-state index in [4.69, 9.17) is 4.74 Å². The number of hydrogen-bond donors (Lipinski definition) is 2. The van der Waals surface area contributed by atoms with Crippen molar-refractivity contribution in [2.24, 2.45) is 11.8 Å². The van der Waals surface area contributed by atoms with Gasteiger partial charge in [0.2, 0.25) is 5.56 Å². The van der Waals surface area contributed by atoms with Crippen molar-refractivity contribution in [2.75, 3.05) is 5.32 Å².